The van der Waals surface area contributed by atoms with Gasteiger partial charge >= 0.3 is 0 Å². The van der Waals surface area contributed by atoms with E-state index in [1.165, 1.54) is 23.7 Å². The summed E-state index contributed by atoms with van der Waals surface area (Å²) in [4.78, 5) is 12.2. The Morgan fingerprint density at radius 1 is 0.939 bits per heavy atom. The number of fused-ring (bicyclic) bond motifs is 1. The summed E-state index contributed by atoms with van der Waals surface area (Å²) >= 11 is 0. The lowest BCUT2D eigenvalue weighted by molar-refractivity contribution is 0.0952. The van der Waals surface area contributed by atoms with E-state index in [1.54, 1.807) is 18.2 Å². The lowest BCUT2D eigenvalue weighted by Crippen LogP contribution is -2.17. The molecule has 0 aromatic heterocycles. The molecular formula is C27H24N2O4. The van der Waals surface area contributed by atoms with Gasteiger partial charge < -0.3 is 14.6 Å². The van der Waals surface area contributed by atoms with Crippen LogP contribution in [0.3, 0.4) is 0 Å². The molecule has 0 spiro atoms. The van der Waals surface area contributed by atoms with Crippen molar-refractivity contribution in [3.05, 3.63) is 102 Å². The van der Waals surface area contributed by atoms with Gasteiger partial charge in [0.05, 0.1) is 18.4 Å². The van der Waals surface area contributed by atoms with E-state index in [0.717, 1.165) is 16.5 Å². The second kappa shape index (κ2) is 10.3. The minimum atomic E-state index is -0.496. The van der Waals surface area contributed by atoms with Crippen LogP contribution in [0.1, 0.15) is 28.4 Å². The van der Waals surface area contributed by atoms with Crippen molar-refractivity contribution < 1.29 is 19.4 Å². The average Bonchev–Trinajstić information content (AvgIpc) is 2.84. The van der Waals surface area contributed by atoms with Gasteiger partial charge in [0.1, 0.15) is 12.4 Å². The van der Waals surface area contributed by atoms with Gasteiger partial charge in [-0.25, -0.2) is 5.43 Å². The zero-order valence-corrected chi connectivity index (χ0v) is 18.2. The Morgan fingerprint density at radius 3 is 2.58 bits per heavy atom. The van der Waals surface area contributed by atoms with Gasteiger partial charge in [-0.15, -0.1) is 0 Å². The number of para-hydroxylation sites is 1. The van der Waals surface area contributed by atoms with Crippen LogP contribution in [0.2, 0.25) is 0 Å². The van der Waals surface area contributed by atoms with Crippen LogP contribution in [0.4, 0.5) is 0 Å². The summed E-state index contributed by atoms with van der Waals surface area (Å²) in [5.41, 5.74) is 4.39. The topological polar surface area (TPSA) is 80.2 Å². The standard InChI is InChI=1S/C27H24N2O4/c1-2-32-26-16-19(17-28-29-27(31)23-12-5-6-13-24(23)30)14-15-25(26)33-18-21-10-7-9-20-8-3-4-11-22(20)21/h3-17,30H,2,18H2,1H3,(H,29,31)/b28-17+. The number of phenolic OH excluding ortho intramolecular Hbond substituents is 1. The molecule has 0 saturated carbocycles. The summed E-state index contributed by atoms with van der Waals surface area (Å²) in [7, 11) is 0. The molecule has 6 heteroatoms. The van der Waals surface area contributed by atoms with Gasteiger partial charge in [-0.05, 0) is 59.2 Å². The van der Waals surface area contributed by atoms with Crippen LogP contribution in [0.15, 0.2) is 90.0 Å². The second-order valence-electron chi connectivity index (χ2n) is 7.28. The van der Waals surface area contributed by atoms with Crippen LogP contribution in [0, 0.1) is 0 Å². The molecule has 6 nitrogen and oxygen atoms in total. The summed E-state index contributed by atoms with van der Waals surface area (Å²) in [5.74, 6) is 0.620. The number of benzene rings is 4. The van der Waals surface area contributed by atoms with Crippen LogP contribution < -0.4 is 14.9 Å². The molecule has 4 rings (SSSR count). The van der Waals surface area contributed by atoms with Crippen LogP contribution in [0.5, 0.6) is 17.2 Å². The van der Waals surface area contributed by atoms with Crippen molar-refractivity contribution in [1.82, 2.24) is 5.43 Å². The maximum Gasteiger partial charge on any atom is 0.275 e. The van der Waals surface area contributed by atoms with Crippen molar-refractivity contribution >= 4 is 22.9 Å². The van der Waals surface area contributed by atoms with Crippen molar-refractivity contribution in [3.63, 3.8) is 0 Å². The molecule has 0 aliphatic rings. The summed E-state index contributed by atoms with van der Waals surface area (Å²) in [6.07, 6.45) is 1.51. The Balaban J connectivity index is 1.46. The zero-order valence-electron chi connectivity index (χ0n) is 18.2. The number of nitrogens with zero attached hydrogens (tertiary/aromatic N) is 1. The smallest absolute Gasteiger partial charge is 0.275 e. The average molecular weight is 440 g/mol. The maximum absolute atomic E-state index is 12.2. The Morgan fingerprint density at radius 2 is 1.73 bits per heavy atom. The summed E-state index contributed by atoms with van der Waals surface area (Å²) in [6.45, 7) is 2.79. The first-order chi connectivity index (χ1) is 16.2. The predicted molar refractivity (Wildman–Crippen MR) is 129 cm³/mol. The largest absolute Gasteiger partial charge is 0.507 e. The van der Waals surface area contributed by atoms with Crippen molar-refractivity contribution in [2.24, 2.45) is 5.10 Å². The SMILES string of the molecule is CCOc1cc(/C=N/NC(=O)c2ccccc2O)ccc1OCc1cccc2ccccc12. The van der Waals surface area contributed by atoms with E-state index >= 15 is 0 Å². The second-order valence-corrected chi connectivity index (χ2v) is 7.28. The molecule has 0 aliphatic carbocycles. The minimum absolute atomic E-state index is 0.100. The Kier molecular flexibility index (Phi) is 6.85. The van der Waals surface area contributed by atoms with Gasteiger partial charge in [-0.2, -0.15) is 5.10 Å². The lowest BCUT2D eigenvalue weighted by atomic mass is 10.1. The van der Waals surface area contributed by atoms with Crippen molar-refractivity contribution in [1.29, 1.82) is 0 Å². The quantitative estimate of drug-likeness (QED) is 0.288. The molecular weight excluding hydrogens is 416 g/mol. The fraction of sp³-hybridized carbons (Fsp3) is 0.111. The fourth-order valence-electron chi connectivity index (χ4n) is 3.46. The summed E-state index contributed by atoms with van der Waals surface area (Å²) in [5, 5.41) is 16.1. The normalized spacial score (nSPS) is 10.9. The van der Waals surface area contributed by atoms with Crippen LogP contribution in [-0.2, 0) is 6.61 Å². The molecule has 0 bridgehead atoms. The highest BCUT2D eigenvalue weighted by Crippen LogP contribution is 2.30. The number of aromatic hydroxyl groups is 1. The minimum Gasteiger partial charge on any atom is -0.507 e. The molecule has 2 N–H and O–H groups in total. The highest BCUT2D eigenvalue weighted by Gasteiger charge is 2.10. The van der Waals surface area contributed by atoms with Crippen LogP contribution in [0.25, 0.3) is 10.8 Å². The first-order valence-electron chi connectivity index (χ1n) is 10.6. The third kappa shape index (κ3) is 5.30. The molecule has 33 heavy (non-hydrogen) atoms. The summed E-state index contributed by atoms with van der Waals surface area (Å²) < 4.78 is 11.8. The monoisotopic (exact) mass is 440 g/mol. The van der Waals surface area contributed by atoms with E-state index in [2.05, 4.69) is 34.8 Å². The molecule has 0 radical (unpaired) electrons. The number of phenols is 1. The number of amides is 1. The summed E-state index contributed by atoms with van der Waals surface area (Å²) in [6, 6.07) is 26.1. The van der Waals surface area contributed by atoms with E-state index in [4.69, 9.17) is 9.47 Å². The van der Waals surface area contributed by atoms with Gasteiger partial charge in [0, 0.05) is 0 Å². The van der Waals surface area contributed by atoms with E-state index in [1.807, 2.05) is 37.3 Å². The first kappa shape index (κ1) is 21.9. The predicted octanol–water partition coefficient (Wildman–Crippen LogP) is 5.29. The number of carbonyl (C=O) groups excluding carboxylic acids is 1. The van der Waals surface area contributed by atoms with Crippen LogP contribution in [-0.4, -0.2) is 23.8 Å². The number of nitrogens with one attached hydrogen (secondary N) is 1. The Labute approximate surface area is 192 Å². The van der Waals surface area contributed by atoms with Crippen molar-refractivity contribution in [3.8, 4) is 17.2 Å². The van der Waals surface area contributed by atoms with E-state index in [-0.39, 0.29) is 11.3 Å². The molecule has 0 atom stereocenters. The molecule has 4 aromatic carbocycles. The Bertz CT molecular complexity index is 1300. The van der Waals surface area contributed by atoms with Crippen molar-refractivity contribution in [2.75, 3.05) is 6.61 Å². The molecule has 4 aromatic rings. The lowest BCUT2D eigenvalue weighted by Gasteiger charge is -2.13. The van der Waals surface area contributed by atoms with Crippen molar-refractivity contribution in [2.45, 2.75) is 13.5 Å². The zero-order chi connectivity index (χ0) is 23.0. The van der Waals surface area contributed by atoms with Gasteiger partial charge in [0.15, 0.2) is 11.5 Å². The highest BCUT2D eigenvalue weighted by atomic mass is 16.5. The maximum atomic E-state index is 12.2. The van der Waals surface area contributed by atoms with E-state index in [0.29, 0.717) is 24.7 Å². The number of rotatable bonds is 8. The number of carbonyl (C=O) groups is 1. The molecule has 0 aliphatic heterocycles. The third-order valence-corrected chi connectivity index (χ3v) is 5.06. The van der Waals surface area contributed by atoms with Crippen LogP contribution >= 0.6 is 0 Å². The number of hydrazone groups is 1. The molecule has 0 saturated heterocycles. The van der Waals surface area contributed by atoms with Gasteiger partial charge in [-0.1, -0.05) is 54.6 Å². The molecule has 0 heterocycles. The van der Waals surface area contributed by atoms with Gasteiger partial charge in [0.2, 0.25) is 0 Å². The molecule has 1 amide bonds. The highest BCUT2D eigenvalue weighted by molar-refractivity contribution is 5.97. The first-order valence-corrected chi connectivity index (χ1v) is 10.6. The number of hydrogen-bond acceptors (Lipinski definition) is 5. The molecule has 0 unspecified atom stereocenters. The molecule has 0 fully saturated rings. The molecule has 166 valence electrons. The van der Waals surface area contributed by atoms with E-state index < -0.39 is 5.91 Å². The van der Waals surface area contributed by atoms with E-state index in [9.17, 15) is 9.90 Å². The van der Waals surface area contributed by atoms with Gasteiger partial charge in [-0.3, -0.25) is 4.79 Å². The Hall–Kier alpha value is -4.32. The third-order valence-electron chi connectivity index (χ3n) is 5.06. The van der Waals surface area contributed by atoms with Gasteiger partial charge in [0.25, 0.3) is 5.91 Å². The fourth-order valence-corrected chi connectivity index (χ4v) is 3.46. The number of hydrogen-bond donors (Lipinski definition) is 2. The number of ether oxygens (including phenoxy) is 2.